The fourth-order valence-corrected chi connectivity index (χ4v) is 2.53. The highest BCUT2D eigenvalue weighted by atomic mass is 35.5. The summed E-state index contributed by atoms with van der Waals surface area (Å²) < 4.78 is 10.7. The minimum Gasteiger partial charge on any atom is -0.492 e. The molecule has 8 heteroatoms. The van der Waals surface area contributed by atoms with Crippen molar-refractivity contribution in [2.24, 2.45) is 5.92 Å². The van der Waals surface area contributed by atoms with E-state index >= 15 is 0 Å². The summed E-state index contributed by atoms with van der Waals surface area (Å²) in [5.74, 6) is 1.24. The Kier molecular flexibility index (Phi) is 4.38. The predicted molar refractivity (Wildman–Crippen MR) is 84.6 cm³/mol. The van der Waals surface area contributed by atoms with Crippen molar-refractivity contribution < 1.29 is 14.1 Å². The number of rotatable bonds is 4. The molecular weight excluding hydrogens is 320 g/mol. The molecule has 23 heavy (non-hydrogen) atoms. The first-order valence-corrected chi connectivity index (χ1v) is 7.59. The molecule has 0 bridgehead atoms. The lowest BCUT2D eigenvalue weighted by atomic mass is 9.96. The molecule has 1 N–H and O–H groups in total. The van der Waals surface area contributed by atoms with Crippen LogP contribution in [0.3, 0.4) is 0 Å². The molecule has 0 saturated heterocycles. The van der Waals surface area contributed by atoms with E-state index in [0.29, 0.717) is 29.9 Å². The molecule has 122 valence electrons. The summed E-state index contributed by atoms with van der Waals surface area (Å²) in [6.07, 6.45) is 0.592. The Balaban J connectivity index is 1.58. The number of nitrogens with one attached hydrogen (secondary N) is 1. The monoisotopic (exact) mass is 336 g/mol. The maximum Gasteiger partial charge on any atom is 0.265 e. The number of benzene rings is 1. The summed E-state index contributed by atoms with van der Waals surface area (Å²) in [6.45, 7) is 0.534. The van der Waals surface area contributed by atoms with Crippen LogP contribution in [-0.2, 0) is 17.8 Å². The second kappa shape index (κ2) is 6.45. The molecule has 1 aliphatic rings. The second-order valence-corrected chi connectivity index (χ2v) is 6.00. The van der Waals surface area contributed by atoms with Crippen molar-refractivity contribution in [3.63, 3.8) is 0 Å². The molecule has 7 nitrogen and oxygen atoms in total. The molecule has 2 heterocycles. The highest BCUT2D eigenvalue weighted by Gasteiger charge is 2.26. The van der Waals surface area contributed by atoms with Gasteiger partial charge in [0.15, 0.2) is 0 Å². The summed E-state index contributed by atoms with van der Waals surface area (Å²) in [5, 5.41) is 7.23. The first kappa shape index (κ1) is 15.6. The van der Waals surface area contributed by atoms with Gasteiger partial charge in [0.2, 0.25) is 11.8 Å². The van der Waals surface area contributed by atoms with Crippen LogP contribution in [0.2, 0.25) is 5.02 Å². The average molecular weight is 337 g/mol. The number of halogens is 1. The third-order valence-corrected chi connectivity index (χ3v) is 3.81. The second-order valence-electron chi connectivity index (χ2n) is 5.56. The molecule has 0 unspecified atom stereocenters. The number of hydrogen-bond donors (Lipinski definition) is 1. The Bertz CT molecular complexity index is 716. The molecular formula is C15H17ClN4O3. The van der Waals surface area contributed by atoms with Crippen LogP contribution in [0, 0.1) is 5.92 Å². The number of carbonyl (C=O) groups excluding carboxylic acids is 1. The van der Waals surface area contributed by atoms with Gasteiger partial charge in [-0.15, -0.1) is 0 Å². The zero-order chi connectivity index (χ0) is 16.4. The Hall–Kier alpha value is -2.28. The molecule has 0 saturated carbocycles. The fraction of sp³-hybridized carbons (Fsp3) is 0.400. The van der Waals surface area contributed by atoms with Crippen molar-refractivity contribution >= 4 is 23.5 Å². The van der Waals surface area contributed by atoms with Crippen molar-refractivity contribution in [2.45, 2.75) is 13.0 Å². The van der Waals surface area contributed by atoms with Crippen LogP contribution in [0.5, 0.6) is 5.75 Å². The van der Waals surface area contributed by atoms with Crippen molar-refractivity contribution in [3.8, 4) is 5.75 Å². The van der Waals surface area contributed by atoms with Crippen LogP contribution in [0.15, 0.2) is 22.7 Å². The van der Waals surface area contributed by atoms with E-state index in [4.69, 9.17) is 20.9 Å². The SMILES string of the molecule is CN(C)c1noc(CNC(=O)[C@@H]2COc3ccc(Cl)cc3C2)n1. The lowest BCUT2D eigenvalue weighted by Gasteiger charge is -2.24. The predicted octanol–water partition coefficient (Wildman–Crippen LogP) is 1.66. The summed E-state index contributed by atoms with van der Waals surface area (Å²) >= 11 is 5.99. The molecule has 0 spiro atoms. The topological polar surface area (TPSA) is 80.5 Å². The molecule has 1 amide bonds. The van der Waals surface area contributed by atoms with Crippen LogP contribution in [0.25, 0.3) is 0 Å². The van der Waals surface area contributed by atoms with Crippen LogP contribution >= 0.6 is 11.6 Å². The van der Waals surface area contributed by atoms with Gasteiger partial charge >= 0.3 is 0 Å². The van der Waals surface area contributed by atoms with E-state index < -0.39 is 0 Å². The van der Waals surface area contributed by atoms with Crippen molar-refractivity contribution in [1.29, 1.82) is 0 Å². The minimum absolute atomic E-state index is 0.111. The van der Waals surface area contributed by atoms with Gasteiger partial charge in [0, 0.05) is 19.1 Å². The summed E-state index contributed by atoms with van der Waals surface area (Å²) in [6, 6.07) is 5.43. The number of fused-ring (bicyclic) bond motifs is 1. The minimum atomic E-state index is -0.266. The third-order valence-electron chi connectivity index (χ3n) is 3.57. The van der Waals surface area contributed by atoms with Crippen LogP contribution in [-0.4, -0.2) is 36.8 Å². The van der Waals surface area contributed by atoms with Crippen LogP contribution < -0.4 is 15.0 Å². The Morgan fingerprint density at radius 2 is 2.30 bits per heavy atom. The lowest BCUT2D eigenvalue weighted by Crippen LogP contribution is -2.37. The maximum atomic E-state index is 12.3. The fourth-order valence-electron chi connectivity index (χ4n) is 2.34. The quantitative estimate of drug-likeness (QED) is 0.914. The molecule has 1 aromatic carbocycles. The zero-order valence-electron chi connectivity index (χ0n) is 12.9. The van der Waals surface area contributed by atoms with E-state index in [2.05, 4.69) is 15.5 Å². The molecule has 0 aliphatic carbocycles. The molecule has 0 fully saturated rings. The van der Waals surface area contributed by atoms with Gasteiger partial charge in [-0.2, -0.15) is 4.98 Å². The van der Waals surface area contributed by atoms with Gasteiger partial charge in [-0.3, -0.25) is 4.79 Å². The largest absolute Gasteiger partial charge is 0.492 e. The van der Waals surface area contributed by atoms with E-state index in [0.717, 1.165) is 11.3 Å². The lowest BCUT2D eigenvalue weighted by molar-refractivity contribution is -0.126. The average Bonchev–Trinajstić information content (AvgIpc) is 3.01. The molecule has 1 aromatic heterocycles. The third kappa shape index (κ3) is 3.56. The molecule has 1 aliphatic heterocycles. The van der Waals surface area contributed by atoms with Gasteiger partial charge < -0.3 is 19.5 Å². The van der Waals surface area contributed by atoms with E-state index in [1.54, 1.807) is 11.0 Å². The van der Waals surface area contributed by atoms with Crippen LogP contribution in [0.4, 0.5) is 5.95 Å². The molecule has 0 radical (unpaired) electrons. The molecule has 3 rings (SSSR count). The number of amides is 1. The van der Waals surface area contributed by atoms with Crippen molar-refractivity contribution in [2.75, 3.05) is 25.6 Å². The van der Waals surface area contributed by atoms with Crippen LogP contribution in [0.1, 0.15) is 11.5 Å². The standard InChI is InChI=1S/C15H17ClN4O3/c1-20(2)15-18-13(23-19-15)7-17-14(21)10-5-9-6-11(16)3-4-12(9)22-8-10/h3-4,6,10H,5,7-8H2,1-2H3,(H,17,21)/t10-/m0/s1. The van der Waals surface area contributed by atoms with Crippen molar-refractivity contribution in [3.05, 3.63) is 34.7 Å². The van der Waals surface area contributed by atoms with Gasteiger partial charge in [-0.05, 0) is 35.3 Å². The van der Waals surface area contributed by atoms with Crippen molar-refractivity contribution in [1.82, 2.24) is 15.5 Å². The number of aromatic nitrogens is 2. The van der Waals surface area contributed by atoms with Gasteiger partial charge in [0.1, 0.15) is 12.4 Å². The van der Waals surface area contributed by atoms with Gasteiger partial charge in [0.25, 0.3) is 5.95 Å². The molecule has 1 atom stereocenters. The van der Waals surface area contributed by atoms with Gasteiger partial charge in [-0.25, -0.2) is 0 Å². The highest BCUT2D eigenvalue weighted by Crippen LogP contribution is 2.29. The van der Waals surface area contributed by atoms with E-state index in [1.165, 1.54) is 0 Å². The number of hydrogen-bond acceptors (Lipinski definition) is 6. The Morgan fingerprint density at radius 1 is 1.48 bits per heavy atom. The summed E-state index contributed by atoms with van der Waals surface area (Å²) in [7, 11) is 3.63. The van der Waals surface area contributed by atoms with Gasteiger partial charge in [0.05, 0.1) is 12.5 Å². The smallest absolute Gasteiger partial charge is 0.265 e. The highest BCUT2D eigenvalue weighted by molar-refractivity contribution is 6.30. The maximum absolute atomic E-state index is 12.3. The van der Waals surface area contributed by atoms with E-state index in [1.807, 2.05) is 26.2 Å². The first-order chi connectivity index (χ1) is 11.0. The number of nitrogens with zero attached hydrogens (tertiary/aromatic N) is 3. The first-order valence-electron chi connectivity index (χ1n) is 7.22. The number of ether oxygens (including phenoxy) is 1. The van der Waals surface area contributed by atoms with E-state index in [9.17, 15) is 4.79 Å². The Labute approximate surface area is 138 Å². The normalized spacial score (nSPS) is 16.4. The zero-order valence-corrected chi connectivity index (χ0v) is 13.6. The number of anilines is 1. The summed E-state index contributed by atoms with van der Waals surface area (Å²) in [5.41, 5.74) is 0.941. The summed E-state index contributed by atoms with van der Waals surface area (Å²) in [4.78, 5) is 18.2. The Morgan fingerprint density at radius 3 is 3.04 bits per heavy atom. The number of carbonyl (C=O) groups is 1. The van der Waals surface area contributed by atoms with Gasteiger partial charge in [-0.1, -0.05) is 11.6 Å². The van der Waals surface area contributed by atoms with E-state index in [-0.39, 0.29) is 18.4 Å². The molecule has 2 aromatic rings.